The Balaban J connectivity index is 2.90. The van der Waals surface area contributed by atoms with E-state index in [4.69, 9.17) is 5.11 Å². The molecule has 15 heavy (non-hydrogen) atoms. The zero-order valence-corrected chi connectivity index (χ0v) is 9.58. The second-order valence-corrected chi connectivity index (χ2v) is 5.10. The number of rotatable bonds is 4. The molecule has 0 aromatic heterocycles. The monoisotopic (exact) mass is 238 g/mol. The molecule has 1 rings (SSSR count). The molecule has 88 valence electrons. The molecule has 0 amide bonds. The zero-order chi connectivity index (χ0) is 11.5. The number of thioether (sulfide) groups is 1. The van der Waals surface area contributed by atoms with Crippen LogP contribution in [0, 0.1) is 5.41 Å². The topological polar surface area (TPSA) is 37.3 Å². The minimum Gasteiger partial charge on any atom is -0.481 e. The Bertz CT molecular complexity index is 246. The number of alkyl halides is 2. The van der Waals surface area contributed by atoms with Crippen LogP contribution >= 0.6 is 11.8 Å². The van der Waals surface area contributed by atoms with Crippen LogP contribution in [0.1, 0.15) is 32.6 Å². The van der Waals surface area contributed by atoms with Gasteiger partial charge in [0.1, 0.15) is 5.41 Å². The molecule has 1 saturated heterocycles. The molecule has 5 heteroatoms. The lowest BCUT2D eigenvalue weighted by Crippen LogP contribution is -2.52. The van der Waals surface area contributed by atoms with E-state index < -0.39 is 17.3 Å². The molecule has 0 aliphatic carbocycles. The zero-order valence-electron chi connectivity index (χ0n) is 8.76. The quantitative estimate of drug-likeness (QED) is 0.818. The number of aliphatic carboxylic acids is 1. The van der Waals surface area contributed by atoms with Crippen molar-refractivity contribution in [1.29, 1.82) is 0 Å². The van der Waals surface area contributed by atoms with Crippen molar-refractivity contribution in [1.82, 2.24) is 0 Å². The Morgan fingerprint density at radius 2 is 2.20 bits per heavy atom. The van der Waals surface area contributed by atoms with E-state index in [1.165, 1.54) is 11.8 Å². The summed E-state index contributed by atoms with van der Waals surface area (Å²) in [6, 6.07) is 0. The Morgan fingerprint density at radius 3 is 2.67 bits per heavy atom. The van der Waals surface area contributed by atoms with E-state index in [0.717, 1.165) is 6.42 Å². The number of halogens is 2. The lowest BCUT2D eigenvalue weighted by atomic mass is 9.77. The van der Waals surface area contributed by atoms with Crippen molar-refractivity contribution in [2.24, 2.45) is 5.41 Å². The highest BCUT2D eigenvalue weighted by Gasteiger charge is 2.59. The van der Waals surface area contributed by atoms with Gasteiger partial charge in [-0.1, -0.05) is 19.8 Å². The molecule has 1 unspecified atom stereocenters. The summed E-state index contributed by atoms with van der Waals surface area (Å²) < 4.78 is 27.4. The smallest absolute Gasteiger partial charge is 0.316 e. The maximum Gasteiger partial charge on any atom is 0.316 e. The molecule has 0 bridgehead atoms. The van der Waals surface area contributed by atoms with Crippen LogP contribution < -0.4 is 0 Å². The summed E-state index contributed by atoms with van der Waals surface area (Å²) in [5.41, 5.74) is -1.83. The van der Waals surface area contributed by atoms with E-state index in [0.29, 0.717) is 12.2 Å². The molecule has 0 spiro atoms. The third-order valence-electron chi connectivity index (χ3n) is 2.98. The summed E-state index contributed by atoms with van der Waals surface area (Å²) in [6.45, 7) is 1.88. The van der Waals surface area contributed by atoms with Gasteiger partial charge in [-0.25, -0.2) is 8.78 Å². The minimum absolute atomic E-state index is 0.0370. The summed E-state index contributed by atoms with van der Waals surface area (Å²) in [5.74, 6) is -4.00. The minimum atomic E-state index is -3.06. The Hall–Kier alpha value is -0.320. The Kier molecular flexibility index (Phi) is 3.98. The van der Waals surface area contributed by atoms with Gasteiger partial charge in [-0.15, -0.1) is 0 Å². The first-order valence-corrected chi connectivity index (χ1v) is 6.31. The molecule has 1 atom stereocenters. The van der Waals surface area contributed by atoms with Gasteiger partial charge >= 0.3 is 5.97 Å². The third kappa shape index (κ3) is 2.27. The van der Waals surface area contributed by atoms with E-state index in [9.17, 15) is 13.6 Å². The van der Waals surface area contributed by atoms with E-state index in [2.05, 4.69) is 0 Å². The SMILES string of the molecule is CCCCC1(C(=O)O)CSCCC1(F)F. The molecule has 1 fully saturated rings. The second-order valence-electron chi connectivity index (χ2n) is 4.00. The second kappa shape index (κ2) is 4.68. The summed E-state index contributed by atoms with van der Waals surface area (Å²) in [4.78, 5) is 11.1. The molecule has 0 aromatic carbocycles. The van der Waals surface area contributed by atoms with E-state index in [1.54, 1.807) is 0 Å². The summed E-state index contributed by atoms with van der Waals surface area (Å²) in [6.07, 6.45) is 1.06. The fourth-order valence-electron chi connectivity index (χ4n) is 1.85. The highest BCUT2D eigenvalue weighted by Crippen LogP contribution is 2.49. The van der Waals surface area contributed by atoms with Gasteiger partial charge < -0.3 is 5.11 Å². The number of unbranched alkanes of at least 4 members (excludes halogenated alkanes) is 1. The lowest BCUT2D eigenvalue weighted by Gasteiger charge is -2.40. The maximum atomic E-state index is 13.7. The molecular weight excluding hydrogens is 222 g/mol. The van der Waals surface area contributed by atoms with Crippen LogP contribution in [0.5, 0.6) is 0 Å². The molecular formula is C10H16F2O2S. The van der Waals surface area contributed by atoms with Gasteiger partial charge in [-0.3, -0.25) is 4.79 Å². The van der Waals surface area contributed by atoms with E-state index in [1.807, 2.05) is 6.92 Å². The van der Waals surface area contributed by atoms with Gasteiger partial charge in [0.2, 0.25) is 0 Å². The van der Waals surface area contributed by atoms with E-state index >= 15 is 0 Å². The number of hydrogen-bond donors (Lipinski definition) is 1. The Morgan fingerprint density at radius 1 is 1.53 bits per heavy atom. The van der Waals surface area contributed by atoms with Crippen molar-refractivity contribution in [3.05, 3.63) is 0 Å². The number of carbonyl (C=O) groups is 1. The highest BCUT2D eigenvalue weighted by atomic mass is 32.2. The van der Waals surface area contributed by atoms with Crippen molar-refractivity contribution in [2.45, 2.75) is 38.5 Å². The maximum absolute atomic E-state index is 13.7. The molecule has 1 aliphatic heterocycles. The average Bonchev–Trinajstić information content (AvgIpc) is 2.15. The van der Waals surface area contributed by atoms with Crippen LogP contribution in [0.3, 0.4) is 0 Å². The van der Waals surface area contributed by atoms with Gasteiger partial charge in [0.15, 0.2) is 0 Å². The van der Waals surface area contributed by atoms with Crippen LogP contribution in [-0.2, 0) is 4.79 Å². The predicted molar refractivity (Wildman–Crippen MR) is 56.5 cm³/mol. The molecule has 2 nitrogen and oxygen atoms in total. The summed E-state index contributed by atoms with van der Waals surface area (Å²) in [5, 5.41) is 9.06. The average molecular weight is 238 g/mol. The lowest BCUT2D eigenvalue weighted by molar-refractivity contribution is -0.178. The summed E-state index contributed by atoms with van der Waals surface area (Å²) in [7, 11) is 0. The van der Waals surface area contributed by atoms with Crippen LogP contribution in [0.15, 0.2) is 0 Å². The molecule has 0 radical (unpaired) electrons. The Labute approximate surface area is 92.4 Å². The molecule has 1 N–H and O–H groups in total. The first-order valence-electron chi connectivity index (χ1n) is 5.15. The predicted octanol–water partition coefficient (Wildman–Crippen LogP) is 3.02. The van der Waals surface area contributed by atoms with Crippen molar-refractivity contribution >= 4 is 17.7 Å². The van der Waals surface area contributed by atoms with Gasteiger partial charge in [0.05, 0.1) is 0 Å². The van der Waals surface area contributed by atoms with Crippen molar-refractivity contribution in [3.63, 3.8) is 0 Å². The van der Waals surface area contributed by atoms with Crippen molar-refractivity contribution < 1.29 is 18.7 Å². The van der Waals surface area contributed by atoms with Crippen LogP contribution in [0.25, 0.3) is 0 Å². The first kappa shape index (κ1) is 12.7. The number of carboxylic acid groups (broad SMARTS) is 1. The van der Waals surface area contributed by atoms with Crippen molar-refractivity contribution in [2.75, 3.05) is 11.5 Å². The molecule has 0 aromatic rings. The third-order valence-corrected chi connectivity index (χ3v) is 4.17. The largest absolute Gasteiger partial charge is 0.481 e. The molecule has 0 saturated carbocycles. The number of carboxylic acids is 1. The summed E-state index contributed by atoms with van der Waals surface area (Å²) >= 11 is 1.32. The van der Waals surface area contributed by atoms with Crippen LogP contribution in [0.4, 0.5) is 8.78 Å². The molecule has 1 aliphatic rings. The first-order chi connectivity index (χ1) is 6.96. The van der Waals surface area contributed by atoms with Crippen LogP contribution in [0.2, 0.25) is 0 Å². The van der Waals surface area contributed by atoms with E-state index in [-0.39, 0.29) is 18.6 Å². The number of hydrogen-bond acceptors (Lipinski definition) is 2. The van der Waals surface area contributed by atoms with Gasteiger partial charge in [-0.05, 0) is 12.2 Å². The van der Waals surface area contributed by atoms with Crippen LogP contribution in [-0.4, -0.2) is 28.5 Å². The van der Waals surface area contributed by atoms with Gasteiger partial charge in [-0.2, -0.15) is 11.8 Å². The fourth-order valence-corrected chi connectivity index (χ4v) is 3.22. The van der Waals surface area contributed by atoms with Gasteiger partial charge in [0, 0.05) is 12.2 Å². The molecule has 1 heterocycles. The van der Waals surface area contributed by atoms with Gasteiger partial charge in [0.25, 0.3) is 5.92 Å². The fraction of sp³-hybridized carbons (Fsp3) is 0.900. The normalized spacial score (nSPS) is 30.1. The standard InChI is InChI=1S/C10H16F2O2S/c1-2-3-4-9(8(13)14)7-15-6-5-10(9,11)12/h2-7H2,1H3,(H,13,14). The van der Waals surface area contributed by atoms with Crippen molar-refractivity contribution in [3.8, 4) is 0 Å². The highest BCUT2D eigenvalue weighted by molar-refractivity contribution is 7.99.